The predicted octanol–water partition coefficient (Wildman–Crippen LogP) is 3.46. The molecule has 1 rings (SSSR count). The first-order chi connectivity index (χ1) is 7.94. The van der Waals surface area contributed by atoms with Crippen molar-refractivity contribution in [2.75, 3.05) is 20.3 Å². The van der Waals surface area contributed by atoms with Crippen molar-refractivity contribution >= 4 is 0 Å². The molecule has 17 heavy (non-hydrogen) atoms. The summed E-state index contributed by atoms with van der Waals surface area (Å²) in [4.78, 5) is 0. The molecule has 0 spiro atoms. The molecule has 1 aliphatic rings. The van der Waals surface area contributed by atoms with Gasteiger partial charge >= 0.3 is 0 Å². The van der Waals surface area contributed by atoms with Gasteiger partial charge in [0.25, 0.3) is 0 Å². The largest absolute Gasteiger partial charge is 0.385 e. The molecule has 1 saturated carbocycles. The third kappa shape index (κ3) is 5.39. The molecular formula is C15H31NO. The predicted molar refractivity (Wildman–Crippen MR) is 74.2 cm³/mol. The van der Waals surface area contributed by atoms with E-state index >= 15 is 0 Å². The highest BCUT2D eigenvalue weighted by Gasteiger charge is 2.31. The zero-order valence-corrected chi connectivity index (χ0v) is 12.4. The Morgan fingerprint density at radius 1 is 1.29 bits per heavy atom. The van der Waals surface area contributed by atoms with Gasteiger partial charge in [-0.05, 0) is 64.3 Å². The minimum atomic E-state index is 0.253. The highest BCUT2D eigenvalue weighted by molar-refractivity contribution is 4.84. The van der Waals surface area contributed by atoms with Crippen molar-refractivity contribution in [3.8, 4) is 0 Å². The minimum absolute atomic E-state index is 0.253. The summed E-state index contributed by atoms with van der Waals surface area (Å²) >= 11 is 0. The summed E-state index contributed by atoms with van der Waals surface area (Å²) in [6.45, 7) is 11.3. The second-order valence-corrected chi connectivity index (χ2v) is 6.74. The molecule has 102 valence electrons. The van der Waals surface area contributed by atoms with Gasteiger partial charge < -0.3 is 10.1 Å². The van der Waals surface area contributed by atoms with E-state index in [1.165, 1.54) is 32.2 Å². The highest BCUT2D eigenvalue weighted by Crippen LogP contribution is 2.38. The van der Waals surface area contributed by atoms with Gasteiger partial charge in [0.2, 0.25) is 0 Å². The van der Waals surface area contributed by atoms with Gasteiger partial charge in [0.1, 0.15) is 0 Å². The Labute approximate surface area is 108 Å². The Hall–Kier alpha value is -0.0800. The van der Waals surface area contributed by atoms with Gasteiger partial charge in [-0.3, -0.25) is 0 Å². The lowest BCUT2D eigenvalue weighted by molar-refractivity contribution is 0.152. The average molecular weight is 241 g/mol. The Bertz CT molecular complexity index is 209. The molecule has 0 heterocycles. The standard InChI is InChI=1S/C15H31NO/c1-12(9-10-17-5)14-8-6-7-13(14)11-16-15(2,3)4/h12-14,16H,6-11H2,1-5H3. The summed E-state index contributed by atoms with van der Waals surface area (Å²) in [6.07, 6.45) is 5.46. The van der Waals surface area contributed by atoms with E-state index in [0.29, 0.717) is 0 Å². The first-order valence-electron chi connectivity index (χ1n) is 7.18. The topological polar surface area (TPSA) is 21.3 Å². The van der Waals surface area contributed by atoms with Gasteiger partial charge in [-0.15, -0.1) is 0 Å². The lowest BCUT2D eigenvalue weighted by atomic mass is 9.83. The number of hydrogen-bond acceptors (Lipinski definition) is 2. The minimum Gasteiger partial charge on any atom is -0.385 e. The summed E-state index contributed by atoms with van der Waals surface area (Å²) in [7, 11) is 1.81. The molecule has 3 atom stereocenters. The molecule has 0 amide bonds. The smallest absolute Gasteiger partial charge is 0.0464 e. The van der Waals surface area contributed by atoms with Crippen molar-refractivity contribution in [2.24, 2.45) is 17.8 Å². The number of nitrogens with one attached hydrogen (secondary N) is 1. The van der Waals surface area contributed by atoms with Crippen molar-refractivity contribution in [3.05, 3.63) is 0 Å². The van der Waals surface area contributed by atoms with Crippen molar-refractivity contribution in [1.29, 1.82) is 0 Å². The van der Waals surface area contributed by atoms with Gasteiger partial charge in [0.05, 0.1) is 0 Å². The van der Waals surface area contributed by atoms with Crippen LogP contribution in [0.15, 0.2) is 0 Å². The summed E-state index contributed by atoms with van der Waals surface area (Å²) in [5, 5.41) is 3.67. The van der Waals surface area contributed by atoms with E-state index in [4.69, 9.17) is 4.74 Å². The van der Waals surface area contributed by atoms with Crippen molar-refractivity contribution in [2.45, 2.75) is 58.9 Å². The first kappa shape index (κ1) is 15.0. The van der Waals surface area contributed by atoms with Crippen LogP contribution in [0.25, 0.3) is 0 Å². The van der Waals surface area contributed by atoms with Gasteiger partial charge in [-0.1, -0.05) is 13.3 Å². The van der Waals surface area contributed by atoms with E-state index < -0.39 is 0 Å². The molecule has 1 aliphatic carbocycles. The second kappa shape index (κ2) is 6.75. The molecule has 0 radical (unpaired) electrons. The SMILES string of the molecule is COCCC(C)C1CCCC1CNC(C)(C)C. The van der Waals surface area contributed by atoms with Crippen LogP contribution in [-0.2, 0) is 4.74 Å². The molecule has 0 aromatic rings. The first-order valence-corrected chi connectivity index (χ1v) is 7.18. The van der Waals surface area contributed by atoms with E-state index in [-0.39, 0.29) is 5.54 Å². The van der Waals surface area contributed by atoms with Crippen molar-refractivity contribution in [1.82, 2.24) is 5.32 Å². The van der Waals surface area contributed by atoms with Crippen LogP contribution in [0, 0.1) is 17.8 Å². The maximum Gasteiger partial charge on any atom is 0.0464 e. The van der Waals surface area contributed by atoms with Gasteiger partial charge in [-0.2, -0.15) is 0 Å². The number of hydrogen-bond donors (Lipinski definition) is 1. The van der Waals surface area contributed by atoms with Crippen LogP contribution >= 0.6 is 0 Å². The Kier molecular flexibility index (Phi) is 5.94. The third-order valence-corrected chi connectivity index (χ3v) is 4.12. The van der Waals surface area contributed by atoms with Crippen LogP contribution in [0.2, 0.25) is 0 Å². The van der Waals surface area contributed by atoms with E-state index in [1.54, 1.807) is 7.11 Å². The molecule has 0 bridgehead atoms. The average Bonchev–Trinajstić information content (AvgIpc) is 2.70. The fourth-order valence-electron chi connectivity index (χ4n) is 3.02. The Balaban J connectivity index is 2.37. The molecule has 1 fully saturated rings. The van der Waals surface area contributed by atoms with Crippen LogP contribution in [-0.4, -0.2) is 25.8 Å². The zero-order valence-electron chi connectivity index (χ0n) is 12.4. The van der Waals surface area contributed by atoms with Gasteiger partial charge in [0, 0.05) is 19.3 Å². The molecule has 2 nitrogen and oxygen atoms in total. The molecule has 1 N–H and O–H groups in total. The summed E-state index contributed by atoms with van der Waals surface area (Å²) in [5.41, 5.74) is 0.253. The number of methoxy groups -OCH3 is 1. The summed E-state index contributed by atoms with van der Waals surface area (Å²) in [5.74, 6) is 2.59. The van der Waals surface area contributed by atoms with E-state index in [0.717, 1.165) is 24.4 Å². The van der Waals surface area contributed by atoms with Crippen LogP contribution in [0.5, 0.6) is 0 Å². The zero-order chi connectivity index (χ0) is 12.9. The Morgan fingerprint density at radius 3 is 2.59 bits per heavy atom. The fourth-order valence-corrected chi connectivity index (χ4v) is 3.02. The molecular weight excluding hydrogens is 210 g/mol. The van der Waals surface area contributed by atoms with Crippen LogP contribution in [0.3, 0.4) is 0 Å². The van der Waals surface area contributed by atoms with E-state index in [9.17, 15) is 0 Å². The summed E-state index contributed by atoms with van der Waals surface area (Å²) < 4.78 is 5.21. The van der Waals surface area contributed by atoms with Crippen LogP contribution in [0.4, 0.5) is 0 Å². The lowest BCUT2D eigenvalue weighted by Crippen LogP contribution is -2.40. The van der Waals surface area contributed by atoms with Crippen molar-refractivity contribution < 1.29 is 4.74 Å². The normalized spacial score (nSPS) is 27.4. The van der Waals surface area contributed by atoms with Crippen LogP contribution in [0.1, 0.15) is 53.4 Å². The molecule has 0 aromatic carbocycles. The van der Waals surface area contributed by atoms with Crippen LogP contribution < -0.4 is 5.32 Å². The molecule has 3 unspecified atom stereocenters. The van der Waals surface area contributed by atoms with E-state index in [1.807, 2.05) is 0 Å². The van der Waals surface area contributed by atoms with E-state index in [2.05, 4.69) is 33.0 Å². The lowest BCUT2D eigenvalue weighted by Gasteiger charge is -2.29. The van der Waals surface area contributed by atoms with Crippen molar-refractivity contribution in [3.63, 3.8) is 0 Å². The second-order valence-electron chi connectivity index (χ2n) is 6.74. The fraction of sp³-hybridized carbons (Fsp3) is 1.00. The Morgan fingerprint density at radius 2 is 2.00 bits per heavy atom. The monoisotopic (exact) mass is 241 g/mol. The number of rotatable bonds is 6. The highest BCUT2D eigenvalue weighted by atomic mass is 16.5. The quantitative estimate of drug-likeness (QED) is 0.769. The molecule has 0 aromatic heterocycles. The summed E-state index contributed by atoms with van der Waals surface area (Å²) in [6, 6.07) is 0. The molecule has 2 heteroatoms. The molecule has 0 aliphatic heterocycles. The maximum atomic E-state index is 5.21. The maximum absolute atomic E-state index is 5.21. The van der Waals surface area contributed by atoms with Gasteiger partial charge in [0.15, 0.2) is 0 Å². The molecule has 0 saturated heterocycles. The third-order valence-electron chi connectivity index (χ3n) is 4.12. The van der Waals surface area contributed by atoms with Gasteiger partial charge in [-0.25, -0.2) is 0 Å². The number of ether oxygens (including phenoxy) is 1.